The van der Waals surface area contributed by atoms with Crippen LogP contribution in [0.1, 0.15) is 56.8 Å². The molecule has 2 heteroatoms. The molecule has 8 aromatic rings. The Bertz CT molecular complexity index is 2820. The summed E-state index contributed by atoms with van der Waals surface area (Å²) in [5.74, 6) is 0. The molecule has 11 rings (SSSR count). The second kappa shape index (κ2) is 9.26. The molecule has 0 saturated heterocycles. The van der Waals surface area contributed by atoms with Crippen molar-refractivity contribution in [3.63, 3.8) is 0 Å². The van der Waals surface area contributed by atoms with Gasteiger partial charge in [0, 0.05) is 27.8 Å². The molecule has 50 heavy (non-hydrogen) atoms. The average molecular weight is 643 g/mol. The zero-order valence-electron chi connectivity index (χ0n) is 32.3. The van der Waals surface area contributed by atoms with E-state index in [1.165, 1.54) is 71.0 Å². The summed E-state index contributed by atoms with van der Waals surface area (Å²) in [6, 6.07) is 38.7. The zero-order chi connectivity index (χ0) is 36.5. The van der Waals surface area contributed by atoms with Crippen LogP contribution >= 0.6 is 0 Å². The molecule has 0 N–H and O–H groups in total. The summed E-state index contributed by atoms with van der Waals surface area (Å²) < 4.78 is 30.0. The molecule has 0 saturated carbocycles. The van der Waals surface area contributed by atoms with E-state index < -0.39 is 10.8 Å². The fourth-order valence-corrected chi connectivity index (χ4v) is 9.43. The van der Waals surface area contributed by atoms with Crippen molar-refractivity contribution in [3.8, 4) is 22.3 Å². The number of benzene rings is 8. The van der Waals surface area contributed by atoms with Crippen LogP contribution in [0.15, 0.2) is 121 Å². The maximum Gasteiger partial charge on any atom is 0.250 e. The van der Waals surface area contributed by atoms with Crippen LogP contribution in [0, 0.1) is 0 Å². The molecule has 3 aliphatic rings. The van der Waals surface area contributed by atoms with E-state index in [9.17, 15) is 4.11 Å². The number of hydrogen-bond acceptors (Lipinski definition) is 1. The van der Waals surface area contributed by atoms with Gasteiger partial charge in [-0.25, -0.2) is 0 Å². The molecular weight excluding hydrogens is 601 g/mol. The Balaban J connectivity index is 1.48. The van der Waals surface area contributed by atoms with Gasteiger partial charge in [0.05, 0.1) is 4.11 Å². The van der Waals surface area contributed by atoms with Gasteiger partial charge >= 0.3 is 0 Å². The van der Waals surface area contributed by atoms with Gasteiger partial charge in [0.2, 0.25) is 6.71 Å². The van der Waals surface area contributed by atoms with Gasteiger partial charge in [0.15, 0.2) is 0 Å². The standard InChI is InChI=1S/C48H38BN/c1-47(2,3)27-24-28(48(4,5)6)26-29(25-27)50-45-38-16-9-7-14-30(38)32-18-11-20-34-36-22-13-23-37-35-21-12-19-33-31-15-8-10-17-39(31)46(50)44(41(33)35)49(42(36)37)43(45)40(32)34/h7-26H,1-6H3/i24D,25D,26D. The van der Waals surface area contributed by atoms with Crippen LogP contribution < -0.4 is 21.3 Å². The van der Waals surface area contributed by atoms with Gasteiger partial charge < -0.3 is 4.90 Å². The molecule has 3 heterocycles. The largest absolute Gasteiger partial charge is 0.310 e. The third-order valence-electron chi connectivity index (χ3n) is 11.6. The number of nitrogens with zero attached hydrogens (tertiary/aromatic N) is 1. The maximum absolute atomic E-state index is 10.2. The first-order chi connectivity index (χ1) is 25.4. The first-order valence-electron chi connectivity index (χ1n) is 19.4. The summed E-state index contributed by atoms with van der Waals surface area (Å²) in [4.78, 5) is 2.34. The van der Waals surface area contributed by atoms with Crippen LogP contribution in [0.5, 0.6) is 0 Å². The minimum Gasteiger partial charge on any atom is -0.310 e. The Labute approximate surface area is 298 Å². The van der Waals surface area contributed by atoms with E-state index >= 15 is 0 Å². The summed E-state index contributed by atoms with van der Waals surface area (Å²) in [5.41, 5.74) is 12.0. The first-order valence-corrected chi connectivity index (χ1v) is 17.9. The molecule has 3 aliphatic heterocycles. The Hall–Kier alpha value is -5.34. The van der Waals surface area contributed by atoms with E-state index in [0.717, 1.165) is 22.1 Å². The molecule has 0 fully saturated rings. The van der Waals surface area contributed by atoms with Crippen LogP contribution in [-0.4, -0.2) is 6.71 Å². The molecule has 8 aromatic carbocycles. The van der Waals surface area contributed by atoms with Crippen molar-refractivity contribution in [2.24, 2.45) is 0 Å². The number of fused-ring (bicyclic) bond motifs is 8. The molecule has 0 amide bonds. The highest BCUT2D eigenvalue weighted by atomic mass is 15.2. The molecule has 0 radical (unpaired) electrons. The smallest absolute Gasteiger partial charge is 0.250 e. The predicted octanol–water partition coefficient (Wildman–Crippen LogP) is 11.2. The summed E-state index contributed by atoms with van der Waals surface area (Å²) in [7, 11) is 0. The van der Waals surface area contributed by atoms with Crippen molar-refractivity contribution < 1.29 is 4.11 Å². The highest BCUT2D eigenvalue weighted by Crippen LogP contribution is 2.52. The predicted molar refractivity (Wildman–Crippen MR) is 218 cm³/mol. The van der Waals surface area contributed by atoms with Crippen LogP contribution in [0.3, 0.4) is 0 Å². The monoisotopic (exact) mass is 642 g/mol. The van der Waals surface area contributed by atoms with Crippen LogP contribution in [-0.2, 0) is 10.8 Å². The highest BCUT2D eigenvalue weighted by Gasteiger charge is 2.47. The van der Waals surface area contributed by atoms with Gasteiger partial charge in [-0.15, -0.1) is 0 Å². The van der Waals surface area contributed by atoms with Crippen LogP contribution in [0.25, 0.3) is 65.3 Å². The zero-order valence-corrected chi connectivity index (χ0v) is 29.3. The molecule has 238 valence electrons. The van der Waals surface area contributed by atoms with E-state index in [0.29, 0.717) is 22.9 Å². The van der Waals surface area contributed by atoms with Gasteiger partial charge in [0.1, 0.15) is 0 Å². The van der Waals surface area contributed by atoms with Crippen LogP contribution in [0.2, 0.25) is 0 Å². The lowest BCUT2D eigenvalue weighted by Gasteiger charge is -2.45. The Morgan fingerprint density at radius 1 is 0.440 bits per heavy atom. The molecule has 0 atom stereocenters. The number of hydrogen-bond donors (Lipinski definition) is 0. The van der Waals surface area contributed by atoms with Crippen molar-refractivity contribution in [2.75, 3.05) is 4.90 Å². The van der Waals surface area contributed by atoms with E-state index in [2.05, 4.69) is 150 Å². The minimum atomic E-state index is -0.497. The van der Waals surface area contributed by atoms with Gasteiger partial charge in [-0.1, -0.05) is 156 Å². The molecule has 0 spiro atoms. The summed E-state index contributed by atoms with van der Waals surface area (Å²) >= 11 is 0. The van der Waals surface area contributed by atoms with Crippen molar-refractivity contribution in [3.05, 3.63) is 132 Å². The fraction of sp³-hybridized carbons (Fsp3) is 0.167. The number of rotatable bonds is 1. The average Bonchev–Trinajstić information content (AvgIpc) is 3.12. The van der Waals surface area contributed by atoms with E-state index in [1.54, 1.807) is 0 Å². The van der Waals surface area contributed by atoms with Crippen molar-refractivity contribution in [1.29, 1.82) is 0 Å². The highest BCUT2D eigenvalue weighted by molar-refractivity contribution is 7.04. The molecule has 0 aromatic heterocycles. The lowest BCUT2D eigenvalue weighted by Crippen LogP contribution is -2.61. The molecule has 1 nitrogen and oxygen atoms in total. The molecular formula is C48H38BN. The van der Waals surface area contributed by atoms with Gasteiger partial charge in [-0.2, -0.15) is 0 Å². The third-order valence-corrected chi connectivity index (χ3v) is 11.6. The van der Waals surface area contributed by atoms with Gasteiger partial charge in [-0.05, 0) is 99.5 Å². The lowest BCUT2D eigenvalue weighted by molar-refractivity contribution is 0.569. The maximum atomic E-state index is 10.2. The topological polar surface area (TPSA) is 3.24 Å². The first kappa shape index (κ1) is 25.6. The summed E-state index contributed by atoms with van der Waals surface area (Å²) in [6.07, 6.45) is 0. The SMILES string of the molecule is [2H]c1c(N2c3c4c5c(cccc5c5ccccc35)-c3cccc5c3B4c3c2c2ccccc2c2cccc-5c32)c([2H])c(C(C)(C)C)c([2H])c1C(C)(C)C. The second-order valence-electron chi connectivity index (χ2n) is 16.6. The lowest BCUT2D eigenvalue weighted by atomic mass is 9.29. The van der Waals surface area contributed by atoms with Gasteiger partial charge in [-0.3, -0.25) is 0 Å². The van der Waals surface area contributed by atoms with Crippen LogP contribution in [0.4, 0.5) is 17.1 Å². The quantitative estimate of drug-likeness (QED) is 0.127. The van der Waals surface area contributed by atoms with Crippen molar-refractivity contribution in [1.82, 2.24) is 0 Å². The Morgan fingerprint density at radius 3 is 1.30 bits per heavy atom. The third kappa shape index (κ3) is 3.44. The fourth-order valence-electron chi connectivity index (χ4n) is 9.43. The molecule has 0 unspecified atom stereocenters. The van der Waals surface area contributed by atoms with E-state index in [-0.39, 0.29) is 18.8 Å². The van der Waals surface area contributed by atoms with Gasteiger partial charge in [0.25, 0.3) is 0 Å². The molecule has 0 bridgehead atoms. The van der Waals surface area contributed by atoms with E-state index in [1.807, 2.05) is 0 Å². The van der Waals surface area contributed by atoms with Crippen molar-refractivity contribution in [2.45, 2.75) is 52.4 Å². The van der Waals surface area contributed by atoms with E-state index in [4.69, 9.17) is 0 Å². The minimum absolute atomic E-state index is 0.0329. The molecule has 0 aliphatic carbocycles. The van der Waals surface area contributed by atoms with Crippen molar-refractivity contribution >= 4 is 83.3 Å². The Morgan fingerprint density at radius 2 is 0.840 bits per heavy atom. The number of anilines is 3. The summed E-state index contributed by atoms with van der Waals surface area (Å²) in [6.45, 7) is 12.6. The normalized spacial score (nSPS) is 15.0. The Kier molecular flexibility index (Phi) is 4.74. The summed E-state index contributed by atoms with van der Waals surface area (Å²) in [5, 5.41) is 9.55. The second-order valence-corrected chi connectivity index (χ2v) is 16.6.